The van der Waals surface area contributed by atoms with E-state index in [1.165, 1.54) is 12.2 Å². The monoisotopic (exact) mass is 488 g/mol. The van der Waals surface area contributed by atoms with E-state index >= 15 is 0 Å². The summed E-state index contributed by atoms with van der Waals surface area (Å²) in [7, 11) is 3.54. The average Bonchev–Trinajstić information content (AvgIpc) is 2.48. The highest BCUT2D eigenvalue weighted by Crippen LogP contribution is 2.10. The van der Waals surface area contributed by atoms with Crippen LogP contribution < -0.4 is 10.6 Å². The van der Waals surface area contributed by atoms with E-state index in [-0.39, 0.29) is 36.0 Å². The smallest absolute Gasteiger partial charge is 0.410 e. The van der Waals surface area contributed by atoms with Crippen LogP contribution in [0.15, 0.2) is 4.99 Å². The number of rotatable bonds is 9. The molecule has 0 aromatic carbocycles. The Morgan fingerprint density at radius 2 is 1.92 bits per heavy atom. The lowest BCUT2D eigenvalue weighted by molar-refractivity contribution is 0.0278. The van der Waals surface area contributed by atoms with E-state index < -0.39 is 5.60 Å². The summed E-state index contributed by atoms with van der Waals surface area (Å²) < 4.78 is 5.36. The number of aliphatic imine (C=N–C) groups is 1. The molecule has 0 aliphatic carbocycles. The number of thioether (sulfide) groups is 1. The van der Waals surface area contributed by atoms with Crippen LogP contribution >= 0.6 is 35.7 Å². The second-order valence-electron chi connectivity index (χ2n) is 7.05. The minimum absolute atomic E-state index is 0. The van der Waals surface area contributed by atoms with Gasteiger partial charge < -0.3 is 20.3 Å². The molecule has 0 rings (SSSR count). The molecule has 25 heavy (non-hydrogen) atoms. The fraction of sp³-hybridized carbons (Fsp3) is 0.882. The Kier molecular flexibility index (Phi) is 15.8. The van der Waals surface area contributed by atoms with Crippen LogP contribution in [0, 0.1) is 5.92 Å². The highest BCUT2D eigenvalue weighted by Gasteiger charge is 2.20. The predicted molar refractivity (Wildman–Crippen MR) is 120 cm³/mol. The van der Waals surface area contributed by atoms with E-state index in [0.717, 1.165) is 25.5 Å². The lowest BCUT2D eigenvalue weighted by Crippen LogP contribution is -2.43. The first-order valence-corrected chi connectivity index (χ1v) is 9.96. The van der Waals surface area contributed by atoms with Crippen LogP contribution in [0.4, 0.5) is 4.79 Å². The Bertz CT molecular complexity index is 389. The highest BCUT2D eigenvalue weighted by atomic mass is 127. The molecule has 0 heterocycles. The van der Waals surface area contributed by atoms with Crippen molar-refractivity contribution >= 4 is 47.8 Å². The molecule has 0 aromatic rings. The maximum atomic E-state index is 12.0. The Morgan fingerprint density at radius 1 is 1.28 bits per heavy atom. The Labute approximate surface area is 175 Å². The summed E-state index contributed by atoms with van der Waals surface area (Å²) in [5.74, 6) is 2.30. The molecular formula is C17H37IN4O2S. The largest absolute Gasteiger partial charge is 0.444 e. The van der Waals surface area contributed by atoms with Crippen molar-refractivity contribution in [1.82, 2.24) is 15.5 Å². The highest BCUT2D eigenvalue weighted by molar-refractivity contribution is 14.0. The molecule has 0 spiro atoms. The van der Waals surface area contributed by atoms with Gasteiger partial charge in [-0.1, -0.05) is 6.92 Å². The van der Waals surface area contributed by atoms with Crippen LogP contribution in [-0.2, 0) is 4.74 Å². The molecule has 0 radical (unpaired) electrons. The topological polar surface area (TPSA) is 66.0 Å². The molecule has 0 aromatic heterocycles. The zero-order valence-electron chi connectivity index (χ0n) is 16.8. The van der Waals surface area contributed by atoms with Crippen LogP contribution in [0.3, 0.4) is 0 Å². The van der Waals surface area contributed by atoms with Crippen LogP contribution in [0.25, 0.3) is 0 Å². The standard InChI is InChI=1S/C17H36N4O2S.HI/c1-14(13-21(6)16(22)23-17(2,3)4)12-20-15(18-5)19-10-8-9-11-24-7;/h14H,8-13H2,1-7H3,(H2,18,19,20);1H. The zero-order valence-corrected chi connectivity index (χ0v) is 20.0. The van der Waals surface area contributed by atoms with E-state index in [2.05, 4.69) is 28.8 Å². The van der Waals surface area contributed by atoms with E-state index in [4.69, 9.17) is 4.74 Å². The number of unbranched alkanes of at least 4 members (excludes halogenated alkanes) is 1. The number of carbonyl (C=O) groups is 1. The summed E-state index contributed by atoms with van der Waals surface area (Å²) >= 11 is 1.88. The molecule has 8 heteroatoms. The Balaban J connectivity index is 0. The minimum Gasteiger partial charge on any atom is -0.444 e. The van der Waals surface area contributed by atoms with Gasteiger partial charge in [0.1, 0.15) is 5.60 Å². The van der Waals surface area contributed by atoms with Crippen LogP contribution in [0.2, 0.25) is 0 Å². The summed E-state index contributed by atoms with van der Waals surface area (Å²) in [6.45, 7) is 10.0. The van der Waals surface area contributed by atoms with E-state index in [0.29, 0.717) is 6.54 Å². The number of hydrogen-bond donors (Lipinski definition) is 2. The first kappa shape index (κ1) is 26.8. The lowest BCUT2D eigenvalue weighted by Gasteiger charge is -2.26. The van der Waals surface area contributed by atoms with Crippen molar-refractivity contribution in [3.05, 3.63) is 0 Å². The number of hydrogen-bond acceptors (Lipinski definition) is 4. The van der Waals surface area contributed by atoms with Crippen molar-refractivity contribution in [2.75, 3.05) is 45.7 Å². The van der Waals surface area contributed by atoms with Gasteiger partial charge >= 0.3 is 6.09 Å². The van der Waals surface area contributed by atoms with Gasteiger partial charge in [0.25, 0.3) is 0 Å². The van der Waals surface area contributed by atoms with Crippen molar-refractivity contribution in [1.29, 1.82) is 0 Å². The van der Waals surface area contributed by atoms with Crippen LogP contribution in [-0.4, -0.2) is 68.3 Å². The molecular weight excluding hydrogens is 451 g/mol. The number of ether oxygens (including phenoxy) is 1. The normalized spacial score (nSPS) is 12.8. The Morgan fingerprint density at radius 3 is 2.44 bits per heavy atom. The molecule has 1 amide bonds. The SMILES string of the molecule is CN=C(NCCCCSC)NCC(C)CN(C)C(=O)OC(C)(C)C.I. The number of amides is 1. The van der Waals surface area contributed by atoms with Crippen molar-refractivity contribution in [3.8, 4) is 0 Å². The molecule has 0 bridgehead atoms. The fourth-order valence-electron chi connectivity index (χ4n) is 2.02. The molecule has 0 fully saturated rings. The van der Waals surface area contributed by atoms with Gasteiger partial charge in [-0.3, -0.25) is 4.99 Å². The molecule has 1 unspecified atom stereocenters. The molecule has 0 aliphatic heterocycles. The minimum atomic E-state index is -0.463. The summed E-state index contributed by atoms with van der Waals surface area (Å²) in [6, 6.07) is 0. The number of nitrogens with zero attached hydrogens (tertiary/aromatic N) is 2. The van der Waals surface area contributed by atoms with Gasteiger partial charge in [-0.05, 0) is 51.5 Å². The molecule has 1 atom stereocenters. The van der Waals surface area contributed by atoms with Crippen molar-refractivity contribution < 1.29 is 9.53 Å². The summed E-state index contributed by atoms with van der Waals surface area (Å²) in [4.78, 5) is 17.8. The first-order chi connectivity index (χ1) is 11.2. The van der Waals surface area contributed by atoms with Gasteiger partial charge in [0.05, 0.1) is 0 Å². The molecule has 0 saturated heterocycles. The lowest BCUT2D eigenvalue weighted by atomic mass is 10.1. The zero-order chi connectivity index (χ0) is 18.6. The van der Waals surface area contributed by atoms with Gasteiger partial charge in [-0.15, -0.1) is 24.0 Å². The van der Waals surface area contributed by atoms with Crippen molar-refractivity contribution in [2.24, 2.45) is 10.9 Å². The third-order valence-electron chi connectivity index (χ3n) is 3.20. The molecule has 0 saturated carbocycles. The van der Waals surface area contributed by atoms with Crippen molar-refractivity contribution in [2.45, 2.75) is 46.1 Å². The number of halogens is 1. The quantitative estimate of drug-likeness (QED) is 0.225. The van der Waals surface area contributed by atoms with Crippen LogP contribution in [0.5, 0.6) is 0 Å². The number of guanidine groups is 1. The Hall–Kier alpha value is -0.380. The number of carbonyl (C=O) groups excluding carboxylic acids is 1. The third-order valence-corrected chi connectivity index (χ3v) is 3.90. The van der Waals surface area contributed by atoms with E-state index in [1.54, 1.807) is 19.0 Å². The molecule has 150 valence electrons. The maximum Gasteiger partial charge on any atom is 0.410 e. The van der Waals surface area contributed by atoms with Crippen molar-refractivity contribution in [3.63, 3.8) is 0 Å². The van der Waals surface area contributed by atoms with E-state index in [1.807, 2.05) is 32.5 Å². The summed E-state index contributed by atoms with van der Waals surface area (Å²) in [6.07, 6.45) is 4.19. The molecule has 6 nitrogen and oxygen atoms in total. The van der Waals surface area contributed by atoms with Gasteiger partial charge in [0.2, 0.25) is 0 Å². The first-order valence-electron chi connectivity index (χ1n) is 8.57. The number of nitrogens with one attached hydrogen (secondary N) is 2. The molecule has 2 N–H and O–H groups in total. The predicted octanol–water partition coefficient (Wildman–Crippen LogP) is 3.42. The second-order valence-corrected chi connectivity index (χ2v) is 8.03. The van der Waals surface area contributed by atoms with Gasteiger partial charge in [0, 0.05) is 33.7 Å². The summed E-state index contributed by atoms with van der Waals surface area (Å²) in [5, 5.41) is 6.62. The van der Waals surface area contributed by atoms with Gasteiger partial charge in [-0.25, -0.2) is 4.79 Å². The van der Waals surface area contributed by atoms with Gasteiger partial charge in [0.15, 0.2) is 5.96 Å². The fourth-order valence-corrected chi connectivity index (χ4v) is 2.51. The van der Waals surface area contributed by atoms with Crippen LogP contribution in [0.1, 0.15) is 40.5 Å². The van der Waals surface area contributed by atoms with E-state index in [9.17, 15) is 4.79 Å². The van der Waals surface area contributed by atoms with Gasteiger partial charge in [-0.2, -0.15) is 11.8 Å². The third kappa shape index (κ3) is 15.6. The average molecular weight is 488 g/mol. The summed E-state index contributed by atoms with van der Waals surface area (Å²) in [5.41, 5.74) is -0.463. The second kappa shape index (κ2) is 14.8. The molecule has 0 aliphatic rings. The maximum absolute atomic E-state index is 12.0.